The molecule has 2 aromatic carbocycles. The van der Waals surface area contributed by atoms with Crippen LogP contribution in [-0.2, 0) is 6.42 Å². The van der Waals surface area contributed by atoms with Crippen molar-refractivity contribution < 1.29 is 0 Å². The van der Waals surface area contributed by atoms with Crippen molar-refractivity contribution in [2.75, 3.05) is 11.4 Å². The molecule has 1 aliphatic rings. The quantitative estimate of drug-likeness (QED) is 0.372. The van der Waals surface area contributed by atoms with Gasteiger partial charge >= 0.3 is 0 Å². The van der Waals surface area contributed by atoms with Crippen LogP contribution >= 0.6 is 22.6 Å². The van der Waals surface area contributed by atoms with Crippen LogP contribution in [0.3, 0.4) is 0 Å². The topological polar surface area (TPSA) is 16.1 Å². The second-order valence-corrected chi connectivity index (χ2v) is 9.38. The second kappa shape index (κ2) is 7.66. The van der Waals surface area contributed by atoms with E-state index >= 15 is 0 Å². The first-order valence-electron chi connectivity index (χ1n) is 10.4. The maximum absolute atomic E-state index is 5.24. The van der Waals surface area contributed by atoms with Gasteiger partial charge in [-0.25, -0.2) is 4.98 Å². The van der Waals surface area contributed by atoms with E-state index in [0.29, 0.717) is 6.04 Å². The SMILES string of the molecule is CCC(CC)N1CCc2c(-c3c(C)cc(C)cc3C)nc3cc(I)ccc3c21. The summed E-state index contributed by atoms with van der Waals surface area (Å²) < 4.78 is 1.24. The van der Waals surface area contributed by atoms with Crippen LogP contribution in [0.5, 0.6) is 0 Å². The van der Waals surface area contributed by atoms with Crippen molar-refractivity contribution in [1.82, 2.24) is 4.98 Å². The van der Waals surface area contributed by atoms with E-state index in [-0.39, 0.29) is 0 Å². The summed E-state index contributed by atoms with van der Waals surface area (Å²) in [5, 5.41) is 1.31. The van der Waals surface area contributed by atoms with Gasteiger partial charge in [0, 0.05) is 32.7 Å². The molecule has 0 atom stereocenters. The number of anilines is 1. The van der Waals surface area contributed by atoms with E-state index in [4.69, 9.17) is 4.98 Å². The highest BCUT2D eigenvalue weighted by atomic mass is 127. The molecule has 0 radical (unpaired) electrons. The molecular weight excluding hydrogens is 455 g/mol. The Bertz CT molecular complexity index is 1030. The zero-order chi connectivity index (χ0) is 20.0. The average molecular weight is 484 g/mol. The minimum atomic E-state index is 0.596. The Morgan fingerprint density at radius 2 is 1.71 bits per heavy atom. The number of hydrogen-bond donors (Lipinski definition) is 0. The third-order valence-corrected chi connectivity index (χ3v) is 6.88. The molecule has 1 aromatic heterocycles. The number of pyridine rings is 1. The Morgan fingerprint density at radius 1 is 1.04 bits per heavy atom. The van der Waals surface area contributed by atoms with Crippen molar-refractivity contribution in [1.29, 1.82) is 0 Å². The van der Waals surface area contributed by atoms with E-state index in [0.717, 1.165) is 18.5 Å². The van der Waals surface area contributed by atoms with E-state index in [1.165, 1.54) is 61.0 Å². The van der Waals surface area contributed by atoms with E-state index in [1.807, 2.05) is 0 Å². The van der Waals surface area contributed by atoms with E-state index in [2.05, 4.69) is 92.4 Å². The summed E-state index contributed by atoms with van der Waals surface area (Å²) in [6.45, 7) is 12.4. The van der Waals surface area contributed by atoms with Crippen molar-refractivity contribution in [3.63, 3.8) is 0 Å². The number of aromatic nitrogens is 1. The Labute approximate surface area is 182 Å². The van der Waals surface area contributed by atoms with Gasteiger partial charge < -0.3 is 4.90 Å². The minimum Gasteiger partial charge on any atom is -0.367 e. The molecule has 28 heavy (non-hydrogen) atoms. The summed E-state index contributed by atoms with van der Waals surface area (Å²) in [6, 6.07) is 11.9. The fourth-order valence-electron chi connectivity index (χ4n) is 5.02. The molecule has 2 heterocycles. The van der Waals surface area contributed by atoms with Crippen LogP contribution in [0.25, 0.3) is 22.2 Å². The number of rotatable bonds is 4. The first kappa shape index (κ1) is 19.7. The average Bonchev–Trinajstić information content (AvgIpc) is 3.07. The highest BCUT2D eigenvalue weighted by Gasteiger charge is 2.30. The highest BCUT2D eigenvalue weighted by Crippen LogP contribution is 2.43. The minimum absolute atomic E-state index is 0.596. The van der Waals surface area contributed by atoms with Crippen LogP contribution in [0.4, 0.5) is 5.69 Å². The lowest BCUT2D eigenvalue weighted by molar-refractivity contribution is 0.572. The van der Waals surface area contributed by atoms with Gasteiger partial charge in [-0.3, -0.25) is 0 Å². The highest BCUT2D eigenvalue weighted by molar-refractivity contribution is 14.1. The normalized spacial score (nSPS) is 13.6. The maximum atomic E-state index is 5.24. The molecule has 3 aromatic rings. The predicted molar refractivity (Wildman–Crippen MR) is 130 cm³/mol. The molecular formula is C25H29IN2. The molecule has 4 rings (SSSR count). The first-order chi connectivity index (χ1) is 13.4. The summed E-state index contributed by atoms with van der Waals surface area (Å²) in [7, 11) is 0. The molecule has 1 aliphatic heterocycles. The molecule has 146 valence electrons. The van der Waals surface area contributed by atoms with Gasteiger partial charge in [0.1, 0.15) is 0 Å². The lowest BCUT2D eigenvalue weighted by Crippen LogP contribution is -2.32. The zero-order valence-corrected chi connectivity index (χ0v) is 19.7. The summed E-state index contributed by atoms with van der Waals surface area (Å²) in [5.74, 6) is 0. The van der Waals surface area contributed by atoms with Gasteiger partial charge in [0.15, 0.2) is 0 Å². The summed E-state index contributed by atoms with van der Waals surface area (Å²) in [6.07, 6.45) is 3.45. The van der Waals surface area contributed by atoms with Crippen molar-refractivity contribution in [3.05, 3.63) is 56.2 Å². The van der Waals surface area contributed by atoms with Crippen LogP contribution in [0.15, 0.2) is 30.3 Å². The second-order valence-electron chi connectivity index (χ2n) is 8.14. The van der Waals surface area contributed by atoms with E-state index < -0.39 is 0 Å². The van der Waals surface area contributed by atoms with Crippen LogP contribution in [-0.4, -0.2) is 17.6 Å². The molecule has 0 saturated heterocycles. The maximum Gasteiger partial charge on any atom is 0.0768 e. The molecule has 0 bridgehead atoms. The molecule has 2 nitrogen and oxygen atoms in total. The number of halogens is 1. The van der Waals surface area contributed by atoms with Gasteiger partial charge in [-0.05, 0) is 92.0 Å². The largest absolute Gasteiger partial charge is 0.367 e. The number of nitrogens with zero attached hydrogens (tertiary/aromatic N) is 2. The molecule has 0 spiro atoms. The van der Waals surface area contributed by atoms with Gasteiger partial charge in [0.05, 0.1) is 16.9 Å². The van der Waals surface area contributed by atoms with Crippen molar-refractivity contribution >= 4 is 39.2 Å². The van der Waals surface area contributed by atoms with Crippen LogP contribution < -0.4 is 4.90 Å². The number of benzene rings is 2. The van der Waals surface area contributed by atoms with Gasteiger partial charge in [-0.15, -0.1) is 0 Å². The van der Waals surface area contributed by atoms with Crippen LogP contribution in [0.1, 0.15) is 48.9 Å². The Hall–Kier alpha value is -1.62. The fraction of sp³-hybridized carbons (Fsp3) is 0.400. The van der Waals surface area contributed by atoms with Gasteiger partial charge in [-0.2, -0.15) is 0 Å². The zero-order valence-electron chi connectivity index (χ0n) is 17.6. The van der Waals surface area contributed by atoms with Crippen molar-refractivity contribution in [2.45, 2.75) is 59.9 Å². The molecule has 0 N–H and O–H groups in total. The van der Waals surface area contributed by atoms with Crippen molar-refractivity contribution in [2.24, 2.45) is 0 Å². The first-order valence-corrected chi connectivity index (χ1v) is 11.5. The molecule has 0 amide bonds. The van der Waals surface area contributed by atoms with Gasteiger partial charge in [-0.1, -0.05) is 31.5 Å². The van der Waals surface area contributed by atoms with Gasteiger partial charge in [0.25, 0.3) is 0 Å². The summed E-state index contributed by atoms with van der Waals surface area (Å²) in [4.78, 5) is 7.90. The Morgan fingerprint density at radius 3 is 2.36 bits per heavy atom. The summed E-state index contributed by atoms with van der Waals surface area (Å²) >= 11 is 2.40. The standard InChI is InChI=1S/C25H29IN2/c1-6-19(7-2)28-11-10-21-24(23-16(4)12-15(3)13-17(23)5)27-22-14-18(26)8-9-20(22)25(21)28/h8-9,12-14,19H,6-7,10-11H2,1-5H3. The van der Waals surface area contributed by atoms with Crippen molar-refractivity contribution in [3.8, 4) is 11.3 Å². The smallest absolute Gasteiger partial charge is 0.0768 e. The van der Waals surface area contributed by atoms with Gasteiger partial charge in [0.2, 0.25) is 0 Å². The third kappa shape index (κ3) is 3.22. The van der Waals surface area contributed by atoms with E-state index in [1.54, 1.807) is 0 Å². The molecule has 0 saturated carbocycles. The lowest BCUT2D eigenvalue weighted by atomic mass is 9.92. The molecule has 0 unspecified atom stereocenters. The number of fused-ring (bicyclic) bond motifs is 3. The lowest BCUT2D eigenvalue weighted by Gasteiger charge is -2.30. The number of hydrogen-bond acceptors (Lipinski definition) is 2. The Balaban J connectivity index is 2.05. The number of aryl methyl sites for hydroxylation is 3. The third-order valence-electron chi connectivity index (χ3n) is 6.21. The molecule has 3 heteroatoms. The van der Waals surface area contributed by atoms with Crippen LogP contribution in [0, 0.1) is 24.3 Å². The molecule has 0 aliphatic carbocycles. The fourth-order valence-corrected chi connectivity index (χ4v) is 5.50. The summed E-state index contributed by atoms with van der Waals surface area (Å²) in [5.41, 5.74) is 10.5. The van der Waals surface area contributed by atoms with E-state index in [9.17, 15) is 0 Å². The Kier molecular flexibility index (Phi) is 5.38. The monoisotopic (exact) mass is 484 g/mol. The predicted octanol–water partition coefficient (Wildman–Crippen LogP) is 6.98. The molecule has 0 fully saturated rings. The van der Waals surface area contributed by atoms with Crippen LogP contribution in [0.2, 0.25) is 0 Å².